The first-order valence-corrected chi connectivity index (χ1v) is 8.39. The van der Waals surface area contributed by atoms with Gasteiger partial charge in [-0.3, -0.25) is 0 Å². The molecule has 0 N–H and O–H groups in total. The molecule has 1 aromatic heterocycles. The molecule has 0 aromatic carbocycles. The highest BCUT2D eigenvalue weighted by molar-refractivity contribution is 9.09. The molecule has 3 nitrogen and oxygen atoms in total. The summed E-state index contributed by atoms with van der Waals surface area (Å²) in [7, 11) is 0. The highest BCUT2D eigenvalue weighted by Gasteiger charge is 2.22. The van der Waals surface area contributed by atoms with Crippen LogP contribution >= 0.6 is 15.9 Å². The smallest absolute Gasteiger partial charge is 0.215 e. The molecule has 0 amide bonds. The van der Waals surface area contributed by atoms with Crippen molar-refractivity contribution < 1.29 is 4.74 Å². The van der Waals surface area contributed by atoms with Gasteiger partial charge in [0.1, 0.15) is 5.82 Å². The Balaban J connectivity index is 2.14. The van der Waals surface area contributed by atoms with Gasteiger partial charge < -0.3 is 9.64 Å². The number of ether oxygens (including phenoxy) is 1. The van der Waals surface area contributed by atoms with Crippen molar-refractivity contribution in [3.8, 4) is 5.88 Å². The molecular formula is C15H23BrN2O. The maximum absolute atomic E-state index is 5.51. The largest absolute Gasteiger partial charge is 0.478 e. The van der Waals surface area contributed by atoms with E-state index in [-0.39, 0.29) is 0 Å². The van der Waals surface area contributed by atoms with Crippen LogP contribution in [0.3, 0.4) is 0 Å². The number of nitrogens with zero attached hydrogens (tertiary/aromatic N) is 2. The van der Waals surface area contributed by atoms with E-state index in [0.29, 0.717) is 12.6 Å². The second-order valence-electron chi connectivity index (χ2n) is 4.94. The standard InChI is InChI=1S/C15H23BrN2O/c1-2-19-15-10-6-9-14(17-15)18(12-11-16)13-7-4-3-5-8-13/h6,9-10,13H,2-5,7-8,11-12H2,1H3. The van der Waals surface area contributed by atoms with Crippen molar-refractivity contribution in [2.24, 2.45) is 0 Å². The van der Waals surface area contributed by atoms with Crippen molar-refractivity contribution >= 4 is 21.7 Å². The number of anilines is 1. The highest BCUT2D eigenvalue weighted by atomic mass is 79.9. The number of aromatic nitrogens is 1. The Morgan fingerprint density at radius 3 is 2.79 bits per heavy atom. The van der Waals surface area contributed by atoms with E-state index in [9.17, 15) is 0 Å². The van der Waals surface area contributed by atoms with E-state index < -0.39 is 0 Å². The lowest BCUT2D eigenvalue weighted by Gasteiger charge is -2.35. The molecule has 19 heavy (non-hydrogen) atoms. The topological polar surface area (TPSA) is 25.4 Å². The number of hydrogen-bond acceptors (Lipinski definition) is 3. The fourth-order valence-electron chi connectivity index (χ4n) is 2.76. The average molecular weight is 327 g/mol. The quantitative estimate of drug-likeness (QED) is 0.738. The van der Waals surface area contributed by atoms with Crippen molar-refractivity contribution in [2.45, 2.75) is 45.1 Å². The Hall–Kier alpha value is -0.770. The van der Waals surface area contributed by atoms with Gasteiger partial charge in [-0.15, -0.1) is 0 Å². The van der Waals surface area contributed by atoms with Gasteiger partial charge in [0.15, 0.2) is 0 Å². The van der Waals surface area contributed by atoms with E-state index in [4.69, 9.17) is 4.74 Å². The first-order chi connectivity index (χ1) is 9.35. The third-order valence-electron chi connectivity index (χ3n) is 3.64. The first kappa shape index (κ1) is 14.6. The summed E-state index contributed by atoms with van der Waals surface area (Å²) < 4.78 is 5.51. The van der Waals surface area contributed by atoms with Gasteiger partial charge in [0.05, 0.1) is 6.61 Å². The number of alkyl halides is 1. The second kappa shape index (κ2) is 7.73. The molecule has 0 bridgehead atoms. The Bertz CT molecular complexity index is 380. The van der Waals surface area contributed by atoms with Gasteiger partial charge in [-0.05, 0) is 25.8 Å². The third-order valence-corrected chi connectivity index (χ3v) is 3.99. The van der Waals surface area contributed by atoms with Crippen LogP contribution < -0.4 is 9.64 Å². The molecule has 1 aromatic rings. The SMILES string of the molecule is CCOc1cccc(N(CCBr)C2CCCCC2)n1. The number of hydrogen-bond donors (Lipinski definition) is 0. The molecule has 1 aliphatic rings. The van der Waals surface area contributed by atoms with Gasteiger partial charge in [0.2, 0.25) is 5.88 Å². The van der Waals surface area contributed by atoms with Crippen LogP contribution in [0.25, 0.3) is 0 Å². The van der Waals surface area contributed by atoms with Gasteiger partial charge >= 0.3 is 0 Å². The number of pyridine rings is 1. The van der Waals surface area contributed by atoms with Crippen LogP contribution in [0.4, 0.5) is 5.82 Å². The fourth-order valence-corrected chi connectivity index (χ4v) is 3.14. The minimum absolute atomic E-state index is 0.635. The maximum Gasteiger partial charge on any atom is 0.215 e. The summed E-state index contributed by atoms with van der Waals surface area (Å²) in [4.78, 5) is 7.08. The van der Waals surface area contributed by atoms with Crippen LogP contribution in [0.2, 0.25) is 0 Å². The Labute approximate surface area is 124 Å². The van der Waals surface area contributed by atoms with E-state index >= 15 is 0 Å². The molecule has 0 aliphatic heterocycles. The molecule has 0 unspecified atom stereocenters. The number of halogens is 1. The predicted molar refractivity (Wildman–Crippen MR) is 83.4 cm³/mol. The molecular weight excluding hydrogens is 304 g/mol. The summed E-state index contributed by atoms with van der Waals surface area (Å²) in [5.74, 6) is 1.78. The Kier molecular flexibility index (Phi) is 5.95. The zero-order valence-corrected chi connectivity index (χ0v) is 13.2. The summed E-state index contributed by atoms with van der Waals surface area (Å²) >= 11 is 3.56. The summed E-state index contributed by atoms with van der Waals surface area (Å²) in [6.45, 7) is 3.66. The Morgan fingerprint density at radius 1 is 1.32 bits per heavy atom. The van der Waals surface area contributed by atoms with Gasteiger partial charge in [-0.1, -0.05) is 41.3 Å². The molecule has 2 rings (SSSR count). The van der Waals surface area contributed by atoms with Crippen molar-refractivity contribution in [1.82, 2.24) is 4.98 Å². The summed E-state index contributed by atoms with van der Waals surface area (Å²) in [6.07, 6.45) is 6.63. The molecule has 1 aliphatic carbocycles. The molecule has 0 saturated heterocycles. The minimum atomic E-state index is 0.635. The van der Waals surface area contributed by atoms with Crippen molar-refractivity contribution in [2.75, 3.05) is 23.4 Å². The van der Waals surface area contributed by atoms with Crippen molar-refractivity contribution in [1.29, 1.82) is 0 Å². The molecule has 1 saturated carbocycles. The summed E-state index contributed by atoms with van der Waals surface area (Å²) in [5, 5.41) is 0.976. The van der Waals surface area contributed by atoms with Gasteiger partial charge in [0.25, 0.3) is 0 Å². The summed E-state index contributed by atoms with van der Waals surface area (Å²) in [6, 6.07) is 6.70. The van der Waals surface area contributed by atoms with Crippen LogP contribution in [0.5, 0.6) is 5.88 Å². The lowest BCUT2D eigenvalue weighted by atomic mass is 9.94. The molecule has 0 radical (unpaired) electrons. The van der Waals surface area contributed by atoms with Crippen LogP contribution in [0.15, 0.2) is 18.2 Å². The van der Waals surface area contributed by atoms with Crippen LogP contribution in [-0.2, 0) is 0 Å². The van der Waals surface area contributed by atoms with Crippen molar-refractivity contribution in [3.05, 3.63) is 18.2 Å². The normalized spacial score (nSPS) is 16.3. The molecule has 4 heteroatoms. The van der Waals surface area contributed by atoms with Gasteiger partial charge in [-0.25, -0.2) is 0 Å². The zero-order chi connectivity index (χ0) is 13.5. The van der Waals surface area contributed by atoms with Crippen molar-refractivity contribution in [3.63, 3.8) is 0 Å². The predicted octanol–water partition coefficient (Wildman–Crippen LogP) is 4.01. The maximum atomic E-state index is 5.51. The monoisotopic (exact) mass is 326 g/mol. The lowest BCUT2D eigenvalue weighted by molar-refractivity contribution is 0.326. The molecule has 106 valence electrons. The van der Waals surface area contributed by atoms with E-state index in [0.717, 1.165) is 23.6 Å². The zero-order valence-electron chi connectivity index (χ0n) is 11.6. The van der Waals surface area contributed by atoms with E-state index in [1.54, 1.807) is 0 Å². The second-order valence-corrected chi connectivity index (χ2v) is 5.73. The van der Waals surface area contributed by atoms with Crippen LogP contribution in [0, 0.1) is 0 Å². The average Bonchev–Trinajstić information content (AvgIpc) is 2.46. The van der Waals surface area contributed by atoms with Crippen LogP contribution in [0.1, 0.15) is 39.0 Å². The lowest BCUT2D eigenvalue weighted by Crippen LogP contribution is -2.38. The minimum Gasteiger partial charge on any atom is -0.478 e. The Morgan fingerprint density at radius 2 is 2.11 bits per heavy atom. The number of rotatable bonds is 6. The van der Waals surface area contributed by atoms with Gasteiger partial charge in [0, 0.05) is 24.0 Å². The molecule has 0 atom stereocenters. The fraction of sp³-hybridized carbons (Fsp3) is 0.667. The van der Waals surface area contributed by atoms with Crippen LogP contribution in [-0.4, -0.2) is 29.5 Å². The molecule has 0 spiro atoms. The third kappa shape index (κ3) is 4.10. The van der Waals surface area contributed by atoms with Gasteiger partial charge in [-0.2, -0.15) is 4.98 Å². The van der Waals surface area contributed by atoms with E-state index in [2.05, 4.69) is 31.9 Å². The molecule has 1 heterocycles. The van der Waals surface area contributed by atoms with E-state index in [1.807, 2.05) is 19.1 Å². The highest BCUT2D eigenvalue weighted by Crippen LogP contribution is 2.27. The summed E-state index contributed by atoms with van der Waals surface area (Å²) in [5.41, 5.74) is 0. The molecule has 1 fully saturated rings. The first-order valence-electron chi connectivity index (χ1n) is 7.27. The van der Waals surface area contributed by atoms with E-state index in [1.165, 1.54) is 32.1 Å².